The topological polar surface area (TPSA) is 79.5 Å². The van der Waals surface area contributed by atoms with Crippen molar-refractivity contribution >= 4 is 35.0 Å². The van der Waals surface area contributed by atoms with Crippen LogP contribution in [0.1, 0.15) is 54.3 Å². The number of H-pyrrole nitrogens is 1. The van der Waals surface area contributed by atoms with Crippen LogP contribution in [0, 0.1) is 0 Å². The number of rotatable bonds is 7. The van der Waals surface area contributed by atoms with Gasteiger partial charge in [-0.3, -0.25) is 14.8 Å². The molecule has 210 valence electrons. The number of nitrogens with zero attached hydrogens (tertiary/aromatic N) is 2. The minimum absolute atomic E-state index is 0.0469. The molecular weight excluding hydrogens is 512 g/mol. The Balaban J connectivity index is 1.12. The van der Waals surface area contributed by atoms with Gasteiger partial charge in [0, 0.05) is 42.6 Å². The molecule has 1 amide bonds. The molecule has 0 bridgehead atoms. The second-order valence-corrected chi connectivity index (χ2v) is 11.1. The van der Waals surface area contributed by atoms with E-state index in [1.165, 1.54) is 5.56 Å². The van der Waals surface area contributed by atoms with Gasteiger partial charge in [0.05, 0.1) is 36.6 Å². The highest BCUT2D eigenvalue weighted by Gasteiger charge is 2.29. The molecule has 2 fully saturated rings. The Morgan fingerprint density at radius 1 is 1.00 bits per heavy atom. The lowest BCUT2D eigenvalue weighted by atomic mass is 10.0. The molecule has 2 N–H and O–H groups in total. The molecule has 3 heterocycles. The molecule has 3 aromatic carbocycles. The number of morpholine rings is 1. The quantitative estimate of drug-likeness (QED) is 0.277. The average Bonchev–Trinajstić information content (AvgIpc) is 3.54. The Morgan fingerprint density at radius 2 is 1.76 bits per heavy atom. The number of hydrogen-bond donors (Lipinski definition) is 2. The summed E-state index contributed by atoms with van der Waals surface area (Å²) in [6, 6.07) is 22.6. The Hall–Kier alpha value is -4.20. The van der Waals surface area contributed by atoms with Crippen LogP contribution in [-0.2, 0) is 16.1 Å². The molecule has 0 spiro atoms. The number of ether oxygens (including phenoxy) is 2. The molecule has 6 rings (SSSR count). The molecule has 2 saturated heterocycles. The minimum Gasteiger partial charge on any atom is -0.496 e. The lowest BCUT2D eigenvalue weighted by Crippen LogP contribution is -2.44. The van der Waals surface area contributed by atoms with Gasteiger partial charge in [-0.25, -0.2) is 0 Å². The number of benzene rings is 3. The van der Waals surface area contributed by atoms with Crippen molar-refractivity contribution in [2.24, 2.45) is 0 Å². The number of methoxy groups -OCH3 is 1. The number of carbonyl (C=O) groups is 1. The van der Waals surface area contributed by atoms with Crippen LogP contribution < -0.4 is 10.1 Å². The predicted molar refractivity (Wildman–Crippen MR) is 163 cm³/mol. The molecule has 4 aromatic rings. The van der Waals surface area contributed by atoms with Crippen LogP contribution in [0.4, 0.5) is 0 Å². The first-order valence-electron chi connectivity index (χ1n) is 14.2. The summed E-state index contributed by atoms with van der Waals surface area (Å²) in [5.74, 6) is 0.737. The summed E-state index contributed by atoms with van der Waals surface area (Å²) in [6.45, 7) is 7.15. The van der Waals surface area contributed by atoms with Gasteiger partial charge in [-0.05, 0) is 60.9 Å². The van der Waals surface area contributed by atoms with Crippen LogP contribution >= 0.6 is 0 Å². The Labute approximate surface area is 240 Å². The van der Waals surface area contributed by atoms with Crippen LogP contribution in [0.5, 0.6) is 5.75 Å². The fourth-order valence-corrected chi connectivity index (χ4v) is 5.94. The first-order valence-corrected chi connectivity index (χ1v) is 14.2. The number of nitrogens with one attached hydrogen (secondary N) is 2. The van der Waals surface area contributed by atoms with E-state index in [2.05, 4.69) is 70.7 Å². The zero-order chi connectivity index (χ0) is 28.3. The number of aromatic nitrogens is 2. The van der Waals surface area contributed by atoms with Gasteiger partial charge in [0.1, 0.15) is 5.75 Å². The molecule has 0 radical (unpaired) electrons. The summed E-state index contributed by atoms with van der Waals surface area (Å²) < 4.78 is 11.3. The second kappa shape index (κ2) is 11.7. The maximum atomic E-state index is 12.7. The van der Waals surface area contributed by atoms with E-state index in [0.29, 0.717) is 6.42 Å². The lowest BCUT2D eigenvalue weighted by Gasteiger charge is -2.35. The summed E-state index contributed by atoms with van der Waals surface area (Å²) in [5.41, 5.74) is 6.95. The van der Waals surface area contributed by atoms with Crippen molar-refractivity contribution in [3.05, 3.63) is 100 Å². The van der Waals surface area contributed by atoms with E-state index < -0.39 is 0 Å². The van der Waals surface area contributed by atoms with Crippen LogP contribution in [0.15, 0.2) is 72.3 Å². The first kappa shape index (κ1) is 27.0. The van der Waals surface area contributed by atoms with Crippen molar-refractivity contribution < 1.29 is 14.3 Å². The molecular formula is C34H36N4O3. The van der Waals surface area contributed by atoms with Gasteiger partial charge in [0.2, 0.25) is 5.91 Å². The van der Waals surface area contributed by atoms with Crippen LogP contribution in [0.3, 0.4) is 0 Å². The Bertz CT molecular complexity index is 1590. The smallest absolute Gasteiger partial charge is 0.247 e. The van der Waals surface area contributed by atoms with E-state index in [0.717, 1.165) is 64.2 Å². The maximum Gasteiger partial charge on any atom is 0.247 e. The number of hydrogen-bond acceptors (Lipinski definition) is 5. The molecule has 0 saturated carbocycles. The van der Waals surface area contributed by atoms with Crippen LogP contribution in [-0.4, -0.2) is 53.4 Å². The highest BCUT2D eigenvalue weighted by molar-refractivity contribution is 6.01. The highest BCUT2D eigenvalue weighted by Crippen LogP contribution is 2.34. The normalized spacial score (nSPS) is 22.6. The van der Waals surface area contributed by atoms with E-state index in [1.807, 2.05) is 48.6 Å². The SMILES string of the molecule is COc1ccccc1C1CC(=Cc2ccc3c(C=Cc4ccc(CN5C[C@@H](C)O[C@@H](C)C5)cc4)n[nH]c3c2)C(=O)N1. The molecule has 0 aliphatic carbocycles. The monoisotopic (exact) mass is 548 g/mol. The van der Waals surface area contributed by atoms with Gasteiger partial charge >= 0.3 is 0 Å². The molecule has 3 atom stereocenters. The third-order valence-corrected chi connectivity index (χ3v) is 7.81. The number of fused-ring (bicyclic) bond motifs is 1. The van der Waals surface area contributed by atoms with E-state index in [4.69, 9.17) is 9.47 Å². The molecule has 7 nitrogen and oxygen atoms in total. The highest BCUT2D eigenvalue weighted by atomic mass is 16.5. The largest absolute Gasteiger partial charge is 0.496 e. The van der Waals surface area contributed by atoms with Crippen molar-refractivity contribution in [2.75, 3.05) is 20.2 Å². The predicted octanol–water partition coefficient (Wildman–Crippen LogP) is 6.00. The number of para-hydroxylation sites is 1. The van der Waals surface area contributed by atoms with Gasteiger partial charge < -0.3 is 14.8 Å². The second-order valence-electron chi connectivity index (χ2n) is 11.1. The van der Waals surface area contributed by atoms with E-state index in [-0.39, 0.29) is 24.2 Å². The number of carbonyl (C=O) groups excluding carboxylic acids is 1. The fraction of sp³-hybridized carbons (Fsp3) is 0.294. The molecule has 7 heteroatoms. The zero-order valence-electron chi connectivity index (χ0n) is 23.8. The Kier molecular flexibility index (Phi) is 7.72. The first-order chi connectivity index (χ1) is 19.9. The van der Waals surface area contributed by atoms with Crippen molar-refractivity contribution in [1.82, 2.24) is 20.4 Å². The molecule has 2 aliphatic heterocycles. The minimum atomic E-state index is -0.0987. The lowest BCUT2D eigenvalue weighted by molar-refractivity contribution is -0.116. The van der Waals surface area contributed by atoms with Gasteiger partial charge in [-0.2, -0.15) is 5.10 Å². The molecule has 1 aromatic heterocycles. The van der Waals surface area contributed by atoms with Gasteiger partial charge in [0.25, 0.3) is 0 Å². The van der Waals surface area contributed by atoms with Crippen LogP contribution in [0.2, 0.25) is 0 Å². The molecule has 1 unspecified atom stereocenters. The summed E-state index contributed by atoms with van der Waals surface area (Å²) in [6.07, 6.45) is 7.25. The van der Waals surface area contributed by atoms with E-state index in [1.54, 1.807) is 7.11 Å². The molecule has 2 aliphatic rings. The van der Waals surface area contributed by atoms with Crippen molar-refractivity contribution in [1.29, 1.82) is 0 Å². The van der Waals surface area contributed by atoms with Crippen molar-refractivity contribution in [2.45, 2.75) is 45.1 Å². The Morgan fingerprint density at radius 3 is 2.54 bits per heavy atom. The van der Waals surface area contributed by atoms with Crippen molar-refractivity contribution in [3.8, 4) is 5.75 Å². The average molecular weight is 549 g/mol. The van der Waals surface area contributed by atoms with E-state index >= 15 is 0 Å². The summed E-state index contributed by atoms with van der Waals surface area (Å²) in [7, 11) is 1.65. The van der Waals surface area contributed by atoms with Gasteiger partial charge in [0.15, 0.2) is 0 Å². The van der Waals surface area contributed by atoms with Gasteiger partial charge in [-0.1, -0.05) is 54.6 Å². The summed E-state index contributed by atoms with van der Waals surface area (Å²) in [4.78, 5) is 15.2. The van der Waals surface area contributed by atoms with E-state index in [9.17, 15) is 4.79 Å². The third kappa shape index (κ3) is 6.11. The standard InChI is InChI=1S/C34H36N4O3/c1-22-19-38(20-23(2)41-22)21-25-10-8-24(9-11-25)13-15-30-28-14-12-26(17-32(28)37-36-30)16-27-18-31(35-34(27)39)29-6-4-5-7-33(29)40-3/h4-17,22-23,31H,18-21H2,1-3H3,(H,35,39)(H,36,37)/t22-,23+,31?. The number of aromatic amines is 1. The summed E-state index contributed by atoms with van der Waals surface area (Å²) in [5, 5.41) is 11.8. The zero-order valence-corrected chi connectivity index (χ0v) is 23.8. The van der Waals surface area contributed by atoms with Crippen molar-refractivity contribution in [3.63, 3.8) is 0 Å². The maximum absolute atomic E-state index is 12.7. The van der Waals surface area contributed by atoms with Gasteiger partial charge in [-0.15, -0.1) is 0 Å². The molecule has 41 heavy (non-hydrogen) atoms. The fourth-order valence-electron chi connectivity index (χ4n) is 5.94. The third-order valence-electron chi connectivity index (χ3n) is 7.81. The van der Waals surface area contributed by atoms with Crippen LogP contribution in [0.25, 0.3) is 29.1 Å². The number of amides is 1. The summed E-state index contributed by atoms with van der Waals surface area (Å²) >= 11 is 0.